The molecule has 1 aliphatic heterocycles. The number of piperazine rings is 1. The van der Waals surface area contributed by atoms with E-state index in [9.17, 15) is 19.7 Å². The van der Waals surface area contributed by atoms with Gasteiger partial charge < -0.3 is 14.9 Å². The Balaban J connectivity index is 1.61. The molecule has 1 aliphatic rings. The largest absolute Gasteiger partial charge is 0.478 e. The first kappa shape index (κ1) is 17.4. The summed E-state index contributed by atoms with van der Waals surface area (Å²) in [5, 5.41) is 19.6. The van der Waals surface area contributed by atoms with Crippen molar-refractivity contribution >= 4 is 23.3 Å². The number of anilines is 1. The van der Waals surface area contributed by atoms with Crippen LogP contribution in [0.3, 0.4) is 0 Å². The van der Waals surface area contributed by atoms with E-state index >= 15 is 0 Å². The van der Waals surface area contributed by atoms with Crippen LogP contribution in [0.15, 0.2) is 48.5 Å². The van der Waals surface area contributed by atoms with Crippen LogP contribution in [0.25, 0.3) is 0 Å². The summed E-state index contributed by atoms with van der Waals surface area (Å²) in [5.74, 6) is -1.16. The Morgan fingerprint density at radius 2 is 1.42 bits per heavy atom. The lowest BCUT2D eigenvalue weighted by atomic mass is 10.1. The van der Waals surface area contributed by atoms with Crippen LogP contribution in [0.5, 0.6) is 0 Å². The Morgan fingerprint density at radius 1 is 0.885 bits per heavy atom. The Kier molecular flexibility index (Phi) is 4.83. The van der Waals surface area contributed by atoms with E-state index < -0.39 is 10.9 Å². The lowest BCUT2D eigenvalue weighted by molar-refractivity contribution is -0.384. The van der Waals surface area contributed by atoms with Gasteiger partial charge in [0.25, 0.3) is 11.6 Å². The monoisotopic (exact) mass is 355 g/mol. The summed E-state index contributed by atoms with van der Waals surface area (Å²) in [5.41, 5.74) is 1.53. The van der Waals surface area contributed by atoms with Crippen LogP contribution in [0.4, 0.5) is 11.4 Å². The maximum atomic E-state index is 12.5. The lowest BCUT2D eigenvalue weighted by Crippen LogP contribution is -2.48. The molecule has 1 heterocycles. The first-order chi connectivity index (χ1) is 12.5. The molecule has 2 aromatic rings. The maximum Gasteiger partial charge on any atom is 0.335 e. The summed E-state index contributed by atoms with van der Waals surface area (Å²) >= 11 is 0. The zero-order valence-corrected chi connectivity index (χ0v) is 13.9. The maximum absolute atomic E-state index is 12.5. The molecule has 0 atom stereocenters. The molecule has 0 unspecified atom stereocenters. The Labute approximate surface area is 149 Å². The highest BCUT2D eigenvalue weighted by Crippen LogP contribution is 2.21. The third-order valence-corrected chi connectivity index (χ3v) is 4.37. The number of carbonyl (C=O) groups is 2. The molecule has 1 amide bonds. The van der Waals surface area contributed by atoms with Gasteiger partial charge in [0, 0.05) is 49.6 Å². The van der Waals surface area contributed by atoms with Crippen molar-refractivity contribution in [1.29, 1.82) is 0 Å². The van der Waals surface area contributed by atoms with E-state index in [1.807, 2.05) is 0 Å². The van der Waals surface area contributed by atoms with Gasteiger partial charge in [-0.2, -0.15) is 0 Å². The number of nitrogens with zero attached hydrogens (tertiary/aromatic N) is 3. The zero-order valence-electron chi connectivity index (χ0n) is 13.9. The summed E-state index contributed by atoms with van der Waals surface area (Å²) in [6.45, 7) is 2.29. The SMILES string of the molecule is O=C(O)c1ccc(C(=O)N2CCN(c3ccc([N+](=O)[O-])cc3)CC2)cc1. The van der Waals surface area contributed by atoms with Gasteiger partial charge in [-0.1, -0.05) is 0 Å². The van der Waals surface area contributed by atoms with Gasteiger partial charge in [0.05, 0.1) is 10.5 Å². The smallest absolute Gasteiger partial charge is 0.335 e. The van der Waals surface area contributed by atoms with Gasteiger partial charge >= 0.3 is 5.97 Å². The number of nitro benzene ring substituents is 1. The molecule has 8 nitrogen and oxygen atoms in total. The van der Waals surface area contributed by atoms with Gasteiger partial charge in [0.1, 0.15) is 0 Å². The zero-order chi connectivity index (χ0) is 18.7. The fourth-order valence-electron chi connectivity index (χ4n) is 2.89. The molecule has 3 rings (SSSR count). The molecule has 1 N–H and O–H groups in total. The van der Waals surface area contributed by atoms with Crippen molar-refractivity contribution in [3.8, 4) is 0 Å². The molecular formula is C18H17N3O5. The first-order valence-electron chi connectivity index (χ1n) is 8.08. The fraction of sp³-hybridized carbons (Fsp3) is 0.222. The molecule has 134 valence electrons. The molecule has 0 saturated carbocycles. The molecule has 26 heavy (non-hydrogen) atoms. The van der Waals surface area contributed by atoms with Crippen LogP contribution >= 0.6 is 0 Å². The quantitative estimate of drug-likeness (QED) is 0.666. The van der Waals surface area contributed by atoms with Crippen LogP contribution in [0.2, 0.25) is 0 Å². The number of rotatable bonds is 4. The molecule has 2 aromatic carbocycles. The minimum Gasteiger partial charge on any atom is -0.478 e. The number of hydrogen-bond acceptors (Lipinski definition) is 5. The van der Waals surface area contributed by atoms with E-state index in [4.69, 9.17) is 5.11 Å². The van der Waals surface area contributed by atoms with Crippen LogP contribution in [-0.2, 0) is 0 Å². The van der Waals surface area contributed by atoms with Gasteiger partial charge in [0.2, 0.25) is 0 Å². The molecule has 0 aromatic heterocycles. The molecule has 0 bridgehead atoms. The Hall–Kier alpha value is -3.42. The number of non-ortho nitro benzene ring substituents is 1. The van der Waals surface area contributed by atoms with E-state index in [1.165, 1.54) is 36.4 Å². The van der Waals surface area contributed by atoms with Crippen LogP contribution in [0, 0.1) is 10.1 Å². The summed E-state index contributed by atoms with van der Waals surface area (Å²) in [7, 11) is 0. The predicted octanol–water partition coefficient (Wildman–Crippen LogP) is 2.26. The second kappa shape index (κ2) is 7.22. The summed E-state index contributed by atoms with van der Waals surface area (Å²) < 4.78 is 0. The molecular weight excluding hydrogens is 338 g/mol. The second-order valence-corrected chi connectivity index (χ2v) is 5.94. The number of benzene rings is 2. The van der Waals surface area contributed by atoms with Crippen molar-refractivity contribution in [3.63, 3.8) is 0 Å². The number of hydrogen-bond donors (Lipinski definition) is 1. The number of aromatic carboxylic acids is 1. The van der Waals surface area contributed by atoms with Crippen LogP contribution < -0.4 is 4.90 Å². The van der Waals surface area contributed by atoms with E-state index in [0.29, 0.717) is 31.7 Å². The van der Waals surface area contributed by atoms with Gasteiger partial charge in [-0.3, -0.25) is 14.9 Å². The van der Waals surface area contributed by atoms with Crippen LogP contribution in [0.1, 0.15) is 20.7 Å². The molecule has 1 fully saturated rings. The number of carbonyl (C=O) groups excluding carboxylic acids is 1. The highest BCUT2D eigenvalue weighted by Gasteiger charge is 2.22. The summed E-state index contributed by atoms with van der Waals surface area (Å²) in [6, 6.07) is 12.2. The van der Waals surface area contributed by atoms with E-state index in [1.54, 1.807) is 17.0 Å². The van der Waals surface area contributed by atoms with Gasteiger partial charge in [-0.25, -0.2) is 4.79 Å². The third-order valence-electron chi connectivity index (χ3n) is 4.37. The normalized spacial score (nSPS) is 14.2. The minimum absolute atomic E-state index is 0.0485. The Morgan fingerprint density at radius 3 is 1.92 bits per heavy atom. The molecule has 8 heteroatoms. The van der Waals surface area contributed by atoms with E-state index in [0.717, 1.165) is 5.69 Å². The van der Waals surface area contributed by atoms with Gasteiger partial charge in [0.15, 0.2) is 0 Å². The van der Waals surface area contributed by atoms with Crippen molar-refractivity contribution in [1.82, 2.24) is 4.90 Å². The van der Waals surface area contributed by atoms with E-state index in [-0.39, 0.29) is 17.2 Å². The second-order valence-electron chi connectivity index (χ2n) is 5.94. The number of nitro groups is 1. The molecule has 0 radical (unpaired) electrons. The van der Waals surface area contributed by atoms with Crippen LogP contribution in [-0.4, -0.2) is 53.0 Å². The van der Waals surface area contributed by atoms with Crippen molar-refractivity contribution in [2.24, 2.45) is 0 Å². The standard InChI is InChI=1S/C18H17N3O5/c22-17(13-1-3-14(4-2-13)18(23)24)20-11-9-19(10-12-20)15-5-7-16(8-6-15)21(25)26/h1-8H,9-12H2,(H,23,24). The van der Waals surface area contributed by atoms with Crippen molar-refractivity contribution < 1.29 is 19.6 Å². The topological polar surface area (TPSA) is 104 Å². The first-order valence-corrected chi connectivity index (χ1v) is 8.08. The lowest BCUT2D eigenvalue weighted by Gasteiger charge is -2.36. The van der Waals surface area contributed by atoms with Crippen molar-refractivity contribution in [2.45, 2.75) is 0 Å². The van der Waals surface area contributed by atoms with Crippen molar-refractivity contribution in [2.75, 3.05) is 31.1 Å². The number of carboxylic acid groups (broad SMARTS) is 1. The highest BCUT2D eigenvalue weighted by molar-refractivity contribution is 5.96. The molecule has 1 saturated heterocycles. The molecule has 0 aliphatic carbocycles. The minimum atomic E-state index is -1.03. The highest BCUT2D eigenvalue weighted by atomic mass is 16.6. The fourth-order valence-corrected chi connectivity index (χ4v) is 2.89. The van der Waals surface area contributed by atoms with Gasteiger partial charge in [-0.05, 0) is 36.4 Å². The van der Waals surface area contributed by atoms with Crippen molar-refractivity contribution in [3.05, 3.63) is 69.8 Å². The third kappa shape index (κ3) is 3.64. The van der Waals surface area contributed by atoms with E-state index in [2.05, 4.69) is 4.90 Å². The molecule has 0 spiro atoms. The number of carboxylic acids is 1. The predicted molar refractivity (Wildman–Crippen MR) is 94.6 cm³/mol. The summed E-state index contributed by atoms with van der Waals surface area (Å²) in [4.78, 5) is 37.5. The summed E-state index contributed by atoms with van der Waals surface area (Å²) in [6.07, 6.45) is 0. The average Bonchev–Trinajstić information content (AvgIpc) is 2.67. The average molecular weight is 355 g/mol. The van der Waals surface area contributed by atoms with Gasteiger partial charge in [-0.15, -0.1) is 0 Å². The number of amides is 1. The Bertz CT molecular complexity index is 825.